The quantitative estimate of drug-likeness (QED) is 0.294. The number of rotatable bonds is 2. The normalized spacial score (nSPS) is 14.5. The highest BCUT2D eigenvalue weighted by atomic mass is 15.2. The molecule has 0 fully saturated rings. The fraction of sp³-hybridized carbons (Fsp3) is 1.00. The Labute approximate surface area is 37.7 Å². The van der Waals surface area contributed by atoms with Crippen LogP contribution in [0.4, 0.5) is 0 Å². The van der Waals surface area contributed by atoms with E-state index < -0.39 is 0 Å². The van der Waals surface area contributed by atoms with Gasteiger partial charge in [0.2, 0.25) is 0 Å². The van der Waals surface area contributed by atoms with Gasteiger partial charge in [0.05, 0.1) is 0 Å². The van der Waals surface area contributed by atoms with Gasteiger partial charge in [0, 0.05) is 12.6 Å². The van der Waals surface area contributed by atoms with Gasteiger partial charge in [-0.15, -0.1) is 0 Å². The Bertz CT molecular complexity index is 25.2. The summed E-state index contributed by atoms with van der Waals surface area (Å²) in [6.07, 6.45) is 0. The Morgan fingerprint density at radius 1 is 1.83 bits per heavy atom. The second-order valence-corrected chi connectivity index (χ2v) is 1.30. The van der Waals surface area contributed by atoms with Gasteiger partial charge in [-0.25, -0.2) is 0 Å². The Kier molecular flexibility index (Phi) is 3.02. The first-order valence-electron chi connectivity index (χ1n) is 1.97. The molecule has 0 radical (unpaired) electrons. The Morgan fingerprint density at radius 2 is 2.33 bits per heavy atom. The lowest BCUT2D eigenvalue weighted by molar-refractivity contribution is 0.580. The molecule has 0 aliphatic carbocycles. The molecule has 0 aliphatic rings. The van der Waals surface area contributed by atoms with E-state index in [9.17, 15) is 0 Å². The maximum absolute atomic E-state index is 5.14. The molecule has 0 bridgehead atoms. The average Bonchev–Trinajstić information content (AvgIpc) is 1.65. The summed E-state index contributed by atoms with van der Waals surface area (Å²) >= 11 is 0. The van der Waals surface area contributed by atoms with Crippen LogP contribution in [0.2, 0.25) is 0 Å². The summed E-state index contributed by atoms with van der Waals surface area (Å²) in [7, 11) is 0. The molecule has 1 unspecified atom stereocenters. The Hall–Kier alpha value is -0.120. The standard InChI is InChI=1S/C3H11N3/c1-3(2-4)6-5/h3,6H,2,4-5H2,1H3. The molecule has 0 amide bonds. The van der Waals surface area contributed by atoms with Crippen molar-refractivity contribution in [2.75, 3.05) is 6.54 Å². The van der Waals surface area contributed by atoms with Gasteiger partial charge in [-0.2, -0.15) is 0 Å². The van der Waals surface area contributed by atoms with Crippen LogP contribution < -0.4 is 17.0 Å². The second-order valence-electron chi connectivity index (χ2n) is 1.30. The highest BCUT2D eigenvalue weighted by Gasteiger charge is 1.87. The molecule has 0 spiro atoms. The van der Waals surface area contributed by atoms with Crippen molar-refractivity contribution in [2.24, 2.45) is 11.6 Å². The molecule has 0 rings (SSSR count). The Balaban J connectivity index is 2.75. The maximum Gasteiger partial charge on any atom is 0.0304 e. The molecular formula is C3H11N3. The van der Waals surface area contributed by atoms with E-state index in [2.05, 4.69) is 5.43 Å². The first kappa shape index (κ1) is 5.88. The van der Waals surface area contributed by atoms with Crippen LogP contribution in [-0.2, 0) is 0 Å². The molecular weight excluding hydrogens is 78.1 g/mol. The molecule has 0 saturated heterocycles. The predicted molar refractivity (Wildman–Crippen MR) is 25.8 cm³/mol. The number of hydrogen-bond acceptors (Lipinski definition) is 3. The molecule has 0 aromatic rings. The maximum atomic E-state index is 5.14. The third kappa shape index (κ3) is 2.14. The third-order valence-electron chi connectivity index (χ3n) is 0.638. The van der Waals surface area contributed by atoms with Crippen LogP contribution >= 0.6 is 0 Å². The topological polar surface area (TPSA) is 64.1 Å². The summed E-state index contributed by atoms with van der Waals surface area (Å²) in [4.78, 5) is 0. The molecule has 0 aromatic heterocycles. The molecule has 0 aliphatic heterocycles. The van der Waals surface area contributed by atoms with E-state index in [-0.39, 0.29) is 6.04 Å². The van der Waals surface area contributed by atoms with Crippen molar-refractivity contribution < 1.29 is 0 Å². The van der Waals surface area contributed by atoms with Crippen molar-refractivity contribution in [2.45, 2.75) is 13.0 Å². The van der Waals surface area contributed by atoms with Crippen LogP contribution in [0.15, 0.2) is 0 Å². The fourth-order valence-corrected chi connectivity index (χ4v) is 0.0680. The van der Waals surface area contributed by atoms with E-state index in [0.29, 0.717) is 6.54 Å². The van der Waals surface area contributed by atoms with E-state index in [1.54, 1.807) is 0 Å². The van der Waals surface area contributed by atoms with Gasteiger partial charge < -0.3 is 5.73 Å². The van der Waals surface area contributed by atoms with Gasteiger partial charge in [0.1, 0.15) is 0 Å². The van der Waals surface area contributed by atoms with Crippen molar-refractivity contribution >= 4 is 0 Å². The van der Waals surface area contributed by atoms with Crippen molar-refractivity contribution in [3.8, 4) is 0 Å². The summed E-state index contributed by atoms with van der Waals surface area (Å²) in [5.41, 5.74) is 7.63. The fourth-order valence-electron chi connectivity index (χ4n) is 0.0680. The number of nitrogens with one attached hydrogen (secondary N) is 1. The minimum Gasteiger partial charge on any atom is -0.329 e. The van der Waals surface area contributed by atoms with E-state index >= 15 is 0 Å². The summed E-state index contributed by atoms with van der Waals surface area (Å²) in [6, 6.07) is 0.241. The first-order valence-corrected chi connectivity index (χ1v) is 1.97. The predicted octanol–water partition coefficient (Wildman–Crippen LogP) is -1.20. The molecule has 0 saturated carbocycles. The minimum atomic E-state index is 0.241. The summed E-state index contributed by atoms with van der Waals surface area (Å²) < 4.78 is 0. The lowest BCUT2D eigenvalue weighted by Crippen LogP contribution is -2.37. The number of hydrogen-bond donors (Lipinski definition) is 3. The van der Waals surface area contributed by atoms with Crippen molar-refractivity contribution in [3.63, 3.8) is 0 Å². The van der Waals surface area contributed by atoms with Crippen LogP contribution in [0.3, 0.4) is 0 Å². The molecule has 3 nitrogen and oxygen atoms in total. The van der Waals surface area contributed by atoms with E-state index in [1.807, 2.05) is 6.92 Å². The van der Waals surface area contributed by atoms with Gasteiger partial charge in [-0.3, -0.25) is 11.3 Å². The van der Waals surface area contributed by atoms with Crippen LogP contribution in [0.5, 0.6) is 0 Å². The molecule has 38 valence electrons. The largest absolute Gasteiger partial charge is 0.329 e. The first-order chi connectivity index (χ1) is 2.81. The van der Waals surface area contributed by atoms with Crippen molar-refractivity contribution in [1.29, 1.82) is 0 Å². The molecule has 0 aromatic carbocycles. The Morgan fingerprint density at radius 3 is 2.33 bits per heavy atom. The monoisotopic (exact) mass is 89.1 g/mol. The molecule has 6 heavy (non-hydrogen) atoms. The van der Waals surface area contributed by atoms with E-state index in [1.165, 1.54) is 0 Å². The number of nitrogens with two attached hydrogens (primary N) is 2. The summed E-state index contributed by atoms with van der Waals surface area (Å²) in [5.74, 6) is 4.95. The van der Waals surface area contributed by atoms with Gasteiger partial charge >= 0.3 is 0 Å². The third-order valence-corrected chi connectivity index (χ3v) is 0.638. The van der Waals surface area contributed by atoms with Crippen LogP contribution in [0.25, 0.3) is 0 Å². The van der Waals surface area contributed by atoms with Crippen LogP contribution in [-0.4, -0.2) is 12.6 Å². The van der Waals surface area contributed by atoms with Crippen molar-refractivity contribution in [1.82, 2.24) is 5.43 Å². The van der Waals surface area contributed by atoms with Gasteiger partial charge in [-0.1, -0.05) is 0 Å². The molecule has 0 heterocycles. The van der Waals surface area contributed by atoms with Gasteiger partial charge in [-0.05, 0) is 6.92 Å². The summed E-state index contributed by atoms with van der Waals surface area (Å²) in [5, 5.41) is 0. The van der Waals surface area contributed by atoms with E-state index in [0.717, 1.165) is 0 Å². The molecule has 1 atom stereocenters. The lowest BCUT2D eigenvalue weighted by atomic mass is 10.4. The zero-order valence-electron chi connectivity index (χ0n) is 3.94. The smallest absolute Gasteiger partial charge is 0.0304 e. The lowest BCUT2D eigenvalue weighted by Gasteiger charge is -2.02. The second kappa shape index (κ2) is 3.08. The highest BCUT2D eigenvalue weighted by Crippen LogP contribution is 1.65. The van der Waals surface area contributed by atoms with Crippen LogP contribution in [0.1, 0.15) is 6.92 Å². The average molecular weight is 89.1 g/mol. The van der Waals surface area contributed by atoms with E-state index in [4.69, 9.17) is 11.6 Å². The molecule has 5 N–H and O–H groups in total. The minimum absolute atomic E-state index is 0.241. The zero-order valence-corrected chi connectivity index (χ0v) is 3.94. The SMILES string of the molecule is CC(CN)NN. The zero-order chi connectivity index (χ0) is 4.99. The van der Waals surface area contributed by atoms with Crippen molar-refractivity contribution in [3.05, 3.63) is 0 Å². The summed E-state index contributed by atoms with van der Waals surface area (Å²) in [6.45, 7) is 2.51. The van der Waals surface area contributed by atoms with Gasteiger partial charge in [0.15, 0.2) is 0 Å². The highest BCUT2D eigenvalue weighted by molar-refractivity contribution is 4.52. The van der Waals surface area contributed by atoms with Crippen LogP contribution in [0, 0.1) is 0 Å². The molecule has 3 heteroatoms. The number of hydrazine groups is 1. The van der Waals surface area contributed by atoms with Gasteiger partial charge in [0.25, 0.3) is 0 Å².